The van der Waals surface area contributed by atoms with Crippen molar-refractivity contribution >= 4 is 22.8 Å². The van der Waals surface area contributed by atoms with Crippen molar-refractivity contribution in [2.45, 2.75) is 32.9 Å². The van der Waals surface area contributed by atoms with Gasteiger partial charge in [0.05, 0.1) is 19.9 Å². The highest BCUT2D eigenvalue weighted by atomic mass is 16.5. The number of fused-ring (bicyclic) bond motifs is 1. The van der Waals surface area contributed by atoms with Gasteiger partial charge in [0.25, 0.3) is 0 Å². The zero-order chi connectivity index (χ0) is 20.1. The van der Waals surface area contributed by atoms with Crippen molar-refractivity contribution in [2.75, 3.05) is 38.8 Å². The number of aromatic nitrogens is 4. The predicted octanol–water partition coefficient (Wildman–Crippen LogP) is 2.74. The molecule has 2 aromatic heterocycles. The highest BCUT2D eigenvalue weighted by molar-refractivity contribution is 5.86. The molecule has 0 aliphatic rings. The zero-order valence-corrected chi connectivity index (χ0v) is 17.1. The van der Waals surface area contributed by atoms with Crippen molar-refractivity contribution in [1.82, 2.24) is 24.6 Å². The minimum Gasteiger partial charge on any atom is -0.496 e. The van der Waals surface area contributed by atoms with Gasteiger partial charge in [0.15, 0.2) is 5.82 Å². The third-order valence-electron chi connectivity index (χ3n) is 4.50. The number of anilines is 2. The molecule has 0 unspecified atom stereocenters. The van der Waals surface area contributed by atoms with Crippen LogP contribution >= 0.6 is 0 Å². The Morgan fingerprint density at radius 2 is 2.07 bits per heavy atom. The number of methoxy groups -OCH3 is 1. The Morgan fingerprint density at radius 3 is 2.79 bits per heavy atom. The molecule has 3 rings (SSSR count). The quantitative estimate of drug-likeness (QED) is 0.549. The van der Waals surface area contributed by atoms with Crippen LogP contribution < -0.4 is 15.8 Å². The minimum atomic E-state index is 0.247. The minimum absolute atomic E-state index is 0.247. The van der Waals surface area contributed by atoms with Crippen LogP contribution in [0.4, 0.5) is 11.8 Å². The van der Waals surface area contributed by atoms with Gasteiger partial charge in [-0.05, 0) is 32.1 Å². The lowest BCUT2D eigenvalue weighted by Crippen LogP contribution is -2.12. The topological polar surface area (TPSA) is 94.1 Å². The first-order valence-electron chi connectivity index (χ1n) is 9.55. The number of nitrogen functional groups attached to an aromatic ring is 1. The number of benzene rings is 1. The number of hydrogen-bond donors (Lipinski definition) is 2. The molecular weight excluding hydrogens is 354 g/mol. The summed E-state index contributed by atoms with van der Waals surface area (Å²) in [7, 11) is 5.80. The van der Waals surface area contributed by atoms with Crippen molar-refractivity contribution in [1.29, 1.82) is 0 Å². The summed E-state index contributed by atoms with van der Waals surface area (Å²) in [5.74, 6) is 1.81. The second-order valence-corrected chi connectivity index (χ2v) is 7.13. The number of unbranched alkanes of at least 4 members (excludes halogenated alkanes) is 1. The number of nitrogens with two attached hydrogens (primary N) is 1. The fourth-order valence-corrected chi connectivity index (χ4v) is 3.19. The molecule has 150 valence electrons. The molecule has 0 aliphatic carbocycles. The van der Waals surface area contributed by atoms with Crippen LogP contribution in [-0.4, -0.2) is 52.4 Å². The lowest BCUT2D eigenvalue weighted by Gasteiger charge is -2.15. The van der Waals surface area contributed by atoms with E-state index in [1.807, 2.05) is 4.68 Å². The molecule has 28 heavy (non-hydrogen) atoms. The van der Waals surface area contributed by atoms with Gasteiger partial charge in [-0.3, -0.25) is 4.68 Å². The molecule has 0 fully saturated rings. The van der Waals surface area contributed by atoms with Gasteiger partial charge < -0.3 is 20.7 Å². The maximum absolute atomic E-state index is 5.87. The van der Waals surface area contributed by atoms with Crippen LogP contribution in [0.1, 0.15) is 30.9 Å². The van der Waals surface area contributed by atoms with Gasteiger partial charge in [0, 0.05) is 18.7 Å². The second kappa shape index (κ2) is 8.88. The number of ether oxygens (including phenoxy) is 1. The summed E-state index contributed by atoms with van der Waals surface area (Å²) in [6.45, 7) is 4.41. The Kier molecular flexibility index (Phi) is 6.30. The van der Waals surface area contributed by atoms with Gasteiger partial charge in [-0.1, -0.05) is 25.5 Å². The smallest absolute Gasteiger partial charge is 0.222 e. The summed E-state index contributed by atoms with van der Waals surface area (Å²) < 4.78 is 7.53. The monoisotopic (exact) mass is 383 g/mol. The Labute approximate surface area is 165 Å². The molecule has 8 nitrogen and oxygen atoms in total. The molecule has 3 aromatic rings. The largest absolute Gasteiger partial charge is 0.496 e. The average molecular weight is 384 g/mol. The first-order chi connectivity index (χ1) is 13.5. The van der Waals surface area contributed by atoms with E-state index in [9.17, 15) is 0 Å². The number of hydrogen-bond acceptors (Lipinski definition) is 7. The van der Waals surface area contributed by atoms with E-state index in [1.54, 1.807) is 13.3 Å². The van der Waals surface area contributed by atoms with Crippen molar-refractivity contribution < 1.29 is 4.74 Å². The summed E-state index contributed by atoms with van der Waals surface area (Å²) in [4.78, 5) is 10.8. The maximum atomic E-state index is 5.87. The van der Waals surface area contributed by atoms with Gasteiger partial charge in [0.2, 0.25) is 5.95 Å². The van der Waals surface area contributed by atoms with Crippen LogP contribution in [0.25, 0.3) is 11.0 Å². The van der Waals surface area contributed by atoms with Crippen molar-refractivity contribution in [3.63, 3.8) is 0 Å². The molecule has 2 heterocycles. The third-order valence-corrected chi connectivity index (χ3v) is 4.50. The second-order valence-electron chi connectivity index (χ2n) is 7.13. The molecule has 0 saturated heterocycles. The van der Waals surface area contributed by atoms with E-state index < -0.39 is 0 Å². The van der Waals surface area contributed by atoms with Crippen LogP contribution in [0.15, 0.2) is 24.4 Å². The molecule has 0 aliphatic heterocycles. The van der Waals surface area contributed by atoms with Gasteiger partial charge in [-0.15, -0.1) is 0 Å². The third kappa shape index (κ3) is 4.51. The van der Waals surface area contributed by atoms with Crippen LogP contribution in [-0.2, 0) is 13.1 Å². The highest BCUT2D eigenvalue weighted by Crippen LogP contribution is 2.26. The SMILES string of the molecule is CCCCNc1nc(N)nc2cnn(Cc3ccc(CN(C)C)cc3OC)c12. The molecule has 0 spiro atoms. The summed E-state index contributed by atoms with van der Waals surface area (Å²) in [5.41, 5.74) is 9.70. The first kappa shape index (κ1) is 19.9. The number of rotatable bonds is 9. The van der Waals surface area contributed by atoms with E-state index in [2.05, 4.69) is 64.5 Å². The number of nitrogens with one attached hydrogen (secondary N) is 1. The first-order valence-corrected chi connectivity index (χ1v) is 9.55. The predicted molar refractivity (Wildman–Crippen MR) is 113 cm³/mol. The van der Waals surface area contributed by atoms with Crippen molar-refractivity contribution in [3.8, 4) is 5.75 Å². The molecule has 0 saturated carbocycles. The van der Waals surface area contributed by atoms with E-state index in [0.717, 1.165) is 54.1 Å². The van der Waals surface area contributed by atoms with Crippen molar-refractivity contribution in [2.24, 2.45) is 0 Å². The van der Waals surface area contributed by atoms with Crippen LogP contribution in [0, 0.1) is 0 Å². The van der Waals surface area contributed by atoms with Crippen LogP contribution in [0.3, 0.4) is 0 Å². The highest BCUT2D eigenvalue weighted by Gasteiger charge is 2.14. The van der Waals surface area contributed by atoms with E-state index >= 15 is 0 Å². The van der Waals surface area contributed by atoms with Crippen molar-refractivity contribution in [3.05, 3.63) is 35.5 Å². The van der Waals surface area contributed by atoms with E-state index in [1.165, 1.54) is 5.56 Å². The van der Waals surface area contributed by atoms with Crippen LogP contribution in [0.5, 0.6) is 5.75 Å². The van der Waals surface area contributed by atoms with Gasteiger partial charge in [-0.2, -0.15) is 10.1 Å². The Hall–Kier alpha value is -2.87. The van der Waals surface area contributed by atoms with Crippen LogP contribution in [0.2, 0.25) is 0 Å². The lowest BCUT2D eigenvalue weighted by atomic mass is 10.1. The van der Waals surface area contributed by atoms with Gasteiger partial charge >= 0.3 is 0 Å². The Bertz CT molecular complexity index is 936. The van der Waals surface area contributed by atoms with E-state index in [4.69, 9.17) is 10.5 Å². The fraction of sp³-hybridized carbons (Fsp3) is 0.450. The zero-order valence-electron chi connectivity index (χ0n) is 17.1. The van der Waals surface area contributed by atoms with Gasteiger partial charge in [0.1, 0.15) is 16.8 Å². The van der Waals surface area contributed by atoms with E-state index in [0.29, 0.717) is 6.54 Å². The molecule has 3 N–H and O–H groups in total. The average Bonchev–Trinajstić information content (AvgIpc) is 3.05. The lowest BCUT2D eigenvalue weighted by molar-refractivity contribution is 0.392. The summed E-state index contributed by atoms with van der Waals surface area (Å²) >= 11 is 0. The molecule has 0 atom stereocenters. The summed E-state index contributed by atoms with van der Waals surface area (Å²) in [6, 6.07) is 6.29. The Morgan fingerprint density at radius 1 is 1.25 bits per heavy atom. The Balaban J connectivity index is 1.94. The summed E-state index contributed by atoms with van der Waals surface area (Å²) in [5, 5.41) is 7.89. The summed E-state index contributed by atoms with van der Waals surface area (Å²) in [6.07, 6.45) is 3.89. The normalized spacial score (nSPS) is 11.3. The molecule has 0 radical (unpaired) electrons. The molecule has 0 amide bonds. The standard InChI is InChI=1S/C20H29N7O/c1-5-6-9-22-19-18-16(24-20(21)25-19)11-23-27(18)13-15-8-7-14(12-26(2)3)10-17(15)28-4/h7-8,10-11H,5-6,9,12-13H2,1-4H3,(H3,21,22,24,25). The van der Waals surface area contributed by atoms with Gasteiger partial charge in [-0.25, -0.2) is 4.98 Å². The maximum Gasteiger partial charge on any atom is 0.222 e. The van der Waals surface area contributed by atoms with E-state index in [-0.39, 0.29) is 5.95 Å². The fourth-order valence-electron chi connectivity index (χ4n) is 3.19. The molecule has 8 heteroatoms. The number of nitrogens with zero attached hydrogens (tertiary/aromatic N) is 5. The molecule has 0 bridgehead atoms. The molecular formula is C20H29N7O. The molecule has 1 aromatic carbocycles.